The highest BCUT2D eigenvalue weighted by Crippen LogP contribution is 2.28. The molecule has 3 rings (SSSR count). The first kappa shape index (κ1) is 13.5. The Morgan fingerprint density at radius 3 is 2.90 bits per heavy atom. The van der Waals surface area contributed by atoms with Crippen LogP contribution in [0.25, 0.3) is 11.5 Å². The van der Waals surface area contributed by atoms with Crippen LogP contribution >= 0.6 is 11.6 Å². The van der Waals surface area contributed by atoms with Crippen molar-refractivity contribution in [1.29, 1.82) is 0 Å². The molecule has 0 atom stereocenters. The molecular formula is C15H17ClN4. The standard InChI is InChI=1S/C15H17ClN4/c1-9(2)13-10-8-17-7-5-12(10)19-15(20-13)14-11(16)4-3-6-18-14/h3-4,6,9,17H,5,7-8H2,1-2H3. The van der Waals surface area contributed by atoms with Gasteiger partial charge in [0.15, 0.2) is 5.82 Å². The maximum Gasteiger partial charge on any atom is 0.180 e. The van der Waals surface area contributed by atoms with E-state index in [0.29, 0.717) is 22.5 Å². The van der Waals surface area contributed by atoms with Gasteiger partial charge in [0.1, 0.15) is 5.69 Å². The third-order valence-electron chi connectivity index (χ3n) is 3.48. The number of hydrogen-bond acceptors (Lipinski definition) is 4. The third kappa shape index (κ3) is 2.41. The Bertz CT molecular complexity index is 640. The molecule has 0 saturated carbocycles. The Balaban J connectivity index is 2.18. The lowest BCUT2D eigenvalue weighted by Crippen LogP contribution is -2.27. The Hall–Kier alpha value is -1.52. The van der Waals surface area contributed by atoms with E-state index in [1.807, 2.05) is 12.1 Å². The van der Waals surface area contributed by atoms with Gasteiger partial charge in [-0.25, -0.2) is 9.97 Å². The van der Waals surface area contributed by atoms with Crippen molar-refractivity contribution in [3.05, 3.63) is 40.3 Å². The van der Waals surface area contributed by atoms with E-state index in [-0.39, 0.29) is 0 Å². The minimum absolute atomic E-state index is 0.355. The van der Waals surface area contributed by atoms with Gasteiger partial charge >= 0.3 is 0 Å². The van der Waals surface area contributed by atoms with Crippen molar-refractivity contribution < 1.29 is 0 Å². The summed E-state index contributed by atoms with van der Waals surface area (Å²) in [5.41, 5.74) is 4.12. The van der Waals surface area contributed by atoms with E-state index in [1.54, 1.807) is 6.20 Å². The molecule has 0 fully saturated rings. The lowest BCUT2D eigenvalue weighted by Gasteiger charge is -2.21. The average molecular weight is 289 g/mol. The monoisotopic (exact) mass is 288 g/mol. The first-order valence-corrected chi connectivity index (χ1v) is 7.26. The zero-order valence-corrected chi connectivity index (χ0v) is 12.4. The summed E-state index contributed by atoms with van der Waals surface area (Å²) in [6.45, 7) is 6.11. The van der Waals surface area contributed by atoms with E-state index in [9.17, 15) is 0 Å². The maximum atomic E-state index is 6.22. The Kier molecular flexibility index (Phi) is 3.68. The summed E-state index contributed by atoms with van der Waals surface area (Å²) in [6, 6.07) is 3.64. The first-order valence-electron chi connectivity index (χ1n) is 6.88. The van der Waals surface area contributed by atoms with Crippen LogP contribution < -0.4 is 5.32 Å². The fraction of sp³-hybridized carbons (Fsp3) is 0.400. The van der Waals surface area contributed by atoms with Crippen LogP contribution in [0.2, 0.25) is 5.02 Å². The molecule has 104 valence electrons. The highest BCUT2D eigenvalue weighted by molar-refractivity contribution is 6.32. The molecule has 0 aliphatic carbocycles. The number of rotatable bonds is 2. The number of pyridine rings is 1. The molecule has 1 aliphatic rings. The van der Waals surface area contributed by atoms with Gasteiger partial charge in [0.25, 0.3) is 0 Å². The van der Waals surface area contributed by atoms with Gasteiger partial charge in [0, 0.05) is 31.3 Å². The van der Waals surface area contributed by atoms with Crippen molar-refractivity contribution >= 4 is 11.6 Å². The number of halogens is 1. The second-order valence-electron chi connectivity index (χ2n) is 5.27. The van der Waals surface area contributed by atoms with Crippen molar-refractivity contribution in [3.63, 3.8) is 0 Å². The van der Waals surface area contributed by atoms with Crippen LogP contribution in [-0.4, -0.2) is 21.5 Å². The zero-order valence-electron chi connectivity index (χ0n) is 11.7. The number of nitrogens with zero attached hydrogens (tertiary/aromatic N) is 3. The minimum atomic E-state index is 0.355. The van der Waals surface area contributed by atoms with Crippen LogP contribution in [0, 0.1) is 0 Å². The molecule has 20 heavy (non-hydrogen) atoms. The van der Waals surface area contributed by atoms with Crippen LogP contribution in [0.4, 0.5) is 0 Å². The highest BCUT2D eigenvalue weighted by atomic mass is 35.5. The van der Waals surface area contributed by atoms with E-state index < -0.39 is 0 Å². The number of hydrogen-bond donors (Lipinski definition) is 1. The zero-order chi connectivity index (χ0) is 14.1. The fourth-order valence-corrected chi connectivity index (χ4v) is 2.71. The second kappa shape index (κ2) is 5.46. The van der Waals surface area contributed by atoms with Gasteiger partial charge in [-0.15, -0.1) is 0 Å². The Morgan fingerprint density at radius 1 is 1.30 bits per heavy atom. The van der Waals surface area contributed by atoms with Crippen LogP contribution in [0.5, 0.6) is 0 Å². The molecule has 0 radical (unpaired) electrons. The predicted molar refractivity (Wildman–Crippen MR) is 79.8 cm³/mol. The van der Waals surface area contributed by atoms with Gasteiger partial charge in [0.05, 0.1) is 16.4 Å². The van der Waals surface area contributed by atoms with E-state index in [1.165, 1.54) is 5.56 Å². The van der Waals surface area contributed by atoms with Gasteiger partial charge in [-0.05, 0) is 18.1 Å². The second-order valence-corrected chi connectivity index (χ2v) is 5.68. The molecule has 0 unspecified atom stereocenters. The van der Waals surface area contributed by atoms with Gasteiger partial charge in [-0.3, -0.25) is 4.98 Å². The molecule has 2 aromatic rings. The van der Waals surface area contributed by atoms with Crippen molar-refractivity contribution in [1.82, 2.24) is 20.3 Å². The number of nitrogens with one attached hydrogen (secondary N) is 1. The summed E-state index contributed by atoms with van der Waals surface area (Å²) in [6.07, 6.45) is 2.65. The molecule has 0 amide bonds. The van der Waals surface area contributed by atoms with E-state index >= 15 is 0 Å². The normalized spacial score (nSPS) is 14.4. The molecule has 0 aromatic carbocycles. The third-order valence-corrected chi connectivity index (χ3v) is 3.79. The van der Waals surface area contributed by atoms with Gasteiger partial charge in [0.2, 0.25) is 0 Å². The lowest BCUT2D eigenvalue weighted by molar-refractivity contribution is 0.609. The summed E-state index contributed by atoms with van der Waals surface area (Å²) in [7, 11) is 0. The summed E-state index contributed by atoms with van der Waals surface area (Å²) in [5.74, 6) is 0.993. The van der Waals surface area contributed by atoms with Crippen LogP contribution in [0.15, 0.2) is 18.3 Å². The number of fused-ring (bicyclic) bond motifs is 1. The molecule has 2 aromatic heterocycles. The Morgan fingerprint density at radius 2 is 2.15 bits per heavy atom. The minimum Gasteiger partial charge on any atom is -0.312 e. The molecule has 5 heteroatoms. The van der Waals surface area contributed by atoms with E-state index in [2.05, 4.69) is 29.1 Å². The molecule has 1 aliphatic heterocycles. The molecule has 0 saturated heterocycles. The highest BCUT2D eigenvalue weighted by Gasteiger charge is 2.20. The van der Waals surface area contributed by atoms with Crippen LogP contribution in [0.3, 0.4) is 0 Å². The van der Waals surface area contributed by atoms with Gasteiger partial charge in [-0.2, -0.15) is 0 Å². The maximum absolute atomic E-state index is 6.22. The SMILES string of the molecule is CC(C)c1nc(-c2ncccc2Cl)nc2c1CNCC2. The van der Waals surface area contributed by atoms with E-state index in [0.717, 1.165) is 30.9 Å². The van der Waals surface area contributed by atoms with Crippen molar-refractivity contribution in [2.45, 2.75) is 32.7 Å². The summed E-state index contributed by atoms with van der Waals surface area (Å²) < 4.78 is 0. The molecule has 3 heterocycles. The van der Waals surface area contributed by atoms with Gasteiger partial charge in [-0.1, -0.05) is 25.4 Å². The lowest BCUT2D eigenvalue weighted by atomic mass is 9.98. The van der Waals surface area contributed by atoms with Crippen molar-refractivity contribution in [3.8, 4) is 11.5 Å². The average Bonchev–Trinajstić information content (AvgIpc) is 2.46. The molecular weight excluding hydrogens is 272 g/mol. The topological polar surface area (TPSA) is 50.7 Å². The molecule has 0 bridgehead atoms. The Labute approximate surface area is 123 Å². The fourth-order valence-electron chi connectivity index (χ4n) is 2.50. The molecule has 1 N–H and O–H groups in total. The quantitative estimate of drug-likeness (QED) is 0.923. The van der Waals surface area contributed by atoms with Gasteiger partial charge < -0.3 is 5.32 Å². The van der Waals surface area contributed by atoms with Crippen LogP contribution in [-0.2, 0) is 13.0 Å². The molecule has 0 spiro atoms. The summed E-state index contributed by atoms with van der Waals surface area (Å²) in [5, 5.41) is 3.98. The first-order chi connectivity index (χ1) is 9.66. The van der Waals surface area contributed by atoms with E-state index in [4.69, 9.17) is 16.6 Å². The van der Waals surface area contributed by atoms with Crippen molar-refractivity contribution in [2.75, 3.05) is 6.54 Å². The van der Waals surface area contributed by atoms with Crippen molar-refractivity contribution in [2.24, 2.45) is 0 Å². The van der Waals surface area contributed by atoms with Crippen LogP contribution in [0.1, 0.15) is 36.7 Å². The largest absolute Gasteiger partial charge is 0.312 e. The summed E-state index contributed by atoms with van der Waals surface area (Å²) in [4.78, 5) is 13.7. The smallest absolute Gasteiger partial charge is 0.180 e. The molecule has 4 nitrogen and oxygen atoms in total. The number of aromatic nitrogens is 3. The summed E-state index contributed by atoms with van der Waals surface area (Å²) >= 11 is 6.22. The predicted octanol–water partition coefficient (Wildman–Crippen LogP) is 2.96.